The number of hydrogen-bond donors (Lipinski definition) is 5. The zero-order valence-electron chi connectivity index (χ0n) is 33.6. The Morgan fingerprint density at radius 3 is 2.16 bits per heavy atom. The number of nitrogens with zero attached hydrogens (tertiary/aromatic N) is 5. The Bertz CT molecular complexity index is 2790. The third-order valence-electron chi connectivity index (χ3n) is 9.04. The second-order valence-corrected chi connectivity index (χ2v) is 20.7. The number of carbonyl (C=O) groups excluding carboxylic acids is 5. The molecule has 32 heteroatoms. The van der Waals surface area contributed by atoms with Gasteiger partial charge >= 0.3 is 24.2 Å². The number of tetrazole rings is 1. The van der Waals surface area contributed by atoms with Crippen molar-refractivity contribution in [3.63, 3.8) is 0 Å². The highest BCUT2D eigenvalue weighted by atomic mass is 35.6. The van der Waals surface area contributed by atoms with Crippen LogP contribution in [0.5, 0.6) is 17.2 Å². The van der Waals surface area contributed by atoms with E-state index in [0.29, 0.717) is 6.26 Å². The van der Waals surface area contributed by atoms with Crippen molar-refractivity contribution in [2.45, 2.75) is 36.4 Å². The van der Waals surface area contributed by atoms with Gasteiger partial charge < -0.3 is 54.1 Å². The first-order valence-electron chi connectivity index (χ1n) is 18.3. The molecule has 24 nitrogen and oxygen atoms in total. The average Bonchev–Trinajstić information content (AvgIpc) is 3.70. The van der Waals surface area contributed by atoms with Crippen LogP contribution in [0, 0.1) is 0 Å². The molecule has 362 valence electrons. The summed E-state index contributed by atoms with van der Waals surface area (Å²) in [5.41, 5.74) is -4.70. The fourth-order valence-electron chi connectivity index (χ4n) is 6.14. The molecule has 4 aromatic rings. The molecular formula is C36H27Cl6N7O17S2. The lowest BCUT2D eigenvalue weighted by Gasteiger charge is -2.56. The lowest BCUT2D eigenvalue weighted by molar-refractivity contribution is -0.192. The molecule has 3 atom stereocenters. The standard InChI is InChI=1S/C36H27Cl6N7O17S2/c1-61-36(29(58)49-24(28(56)57)15(10-67-30(36)49)11-68-31-45-46-47-48(31)8-22(51)52)44-27(55)23(14-2-4-16(50)5-3-14)43-26(54)18-9-62-19-7-21(66-33(60)64-13-35(40,41)42)20(6-17(19)25(18)53)65-32(59)63-12-34(37,38)39/h2-7,9,23,30,50H,8,10-13H2,1H3,(H,43,54)(H,44,55)(H,51,52)(H,56,57)/t23?,30-,36-/m0/s1. The van der Waals surface area contributed by atoms with E-state index in [2.05, 4.69) is 26.2 Å². The SMILES string of the molecule is CO[C@@]1(NC(=O)C(NC(=O)c2coc3cc(OC(=O)OCC(Cl)(Cl)Cl)c(OC(=O)OCC(Cl)(Cl)Cl)cc3c2=O)c2ccc(O)cc2)C(=O)N2C(C(=O)O)=C(CSc3nnnn3CC(=O)O)CS[C@H]21. The van der Waals surface area contributed by atoms with Crippen LogP contribution >= 0.6 is 93.1 Å². The van der Waals surface area contributed by atoms with Gasteiger partial charge in [-0.2, -0.15) is 0 Å². The molecule has 2 aromatic heterocycles. The van der Waals surface area contributed by atoms with Crippen molar-refractivity contribution in [2.24, 2.45) is 0 Å². The number of methoxy groups -OCH3 is 1. The summed E-state index contributed by atoms with van der Waals surface area (Å²) in [5, 5.41) is 43.4. The van der Waals surface area contributed by atoms with Crippen molar-refractivity contribution in [3.05, 3.63) is 75.3 Å². The zero-order chi connectivity index (χ0) is 49.9. The summed E-state index contributed by atoms with van der Waals surface area (Å²) in [5.74, 6) is -7.85. The van der Waals surface area contributed by atoms with Crippen LogP contribution in [0.1, 0.15) is 22.0 Å². The number of carbonyl (C=O) groups is 7. The van der Waals surface area contributed by atoms with Gasteiger partial charge in [0.05, 0.1) is 5.39 Å². The van der Waals surface area contributed by atoms with Gasteiger partial charge in [0.25, 0.3) is 17.5 Å². The molecule has 68 heavy (non-hydrogen) atoms. The molecule has 0 aliphatic carbocycles. The van der Waals surface area contributed by atoms with Gasteiger partial charge in [-0.05, 0) is 39.8 Å². The number of nitrogens with one attached hydrogen (secondary N) is 2. The Morgan fingerprint density at radius 1 is 0.971 bits per heavy atom. The van der Waals surface area contributed by atoms with Gasteiger partial charge in [-0.1, -0.05) is 93.5 Å². The van der Waals surface area contributed by atoms with E-state index in [-0.39, 0.29) is 39.1 Å². The number of halogens is 6. The molecule has 2 aliphatic rings. The van der Waals surface area contributed by atoms with Gasteiger partial charge in [-0.3, -0.25) is 28.9 Å². The number of β-lactam (4-membered cyclic amide) rings is 1. The molecule has 0 spiro atoms. The van der Waals surface area contributed by atoms with Crippen LogP contribution in [0.3, 0.4) is 0 Å². The van der Waals surface area contributed by atoms with Gasteiger partial charge in [0.15, 0.2) is 11.5 Å². The van der Waals surface area contributed by atoms with Gasteiger partial charge in [-0.15, -0.1) is 16.9 Å². The largest absolute Gasteiger partial charge is 0.514 e. The smallest absolute Gasteiger partial charge is 0.508 e. The average molecular weight is 1110 g/mol. The van der Waals surface area contributed by atoms with E-state index in [1.54, 1.807) is 0 Å². The number of amides is 3. The van der Waals surface area contributed by atoms with Crippen LogP contribution in [0.25, 0.3) is 11.0 Å². The summed E-state index contributed by atoms with van der Waals surface area (Å²) in [4.78, 5) is 106. The Labute approximate surface area is 417 Å². The monoisotopic (exact) mass is 1100 g/mol. The van der Waals surface area contributed by atoms with E-state index < -0.39 is 120 Å². The minimum Gasteiger partial charge on any atom is -0.508 e. The maximum absolute atomic E-state index is 14.3. The number of fused-ring (bicyclic) bond motifs is 2. The number of aromatic hydroxyl groups is 1. The van der Waals surface area contributed by atoms with Crippen molar-refractivity contribution < 1.29 is 77.0 Å². The van der Waals surface area contributed by atoms with Gasteiger partial charge in [-0.25, -0.2) is 19.1 Å². The normalized spacial score (nSPS) is 17.4. The van der Waals surface area contributed by atoms with Crippen LogP contribution in [0.15, 0.2) is 68.3 Å². The summed E-state index contributed by atoms with van der Waals surface area (Å²) in [6.45, 7) is -2.19. The molecule has 3 amide bonds. The zero-order valence-corrected chi connectivity index (χ0v) is 39.8. The molecule has 6 rings (SSSR count). The highest BCUT2D eigenvalue weighted by Gasteiger charge is 2.67. The highest BCUT2D eigenvalue weighted by Crippen LogP contribution is 2.47. The van der Waals surface area contributed by atoms with Crippen molar-refractivity contribution in [2.75, 3.05) is 31.8 Å². The van der Waals surface area contributed by atoms with E-state index in [1.165, 1.54) is 24.3 Å². The van der Waals surface area contributed by atoms with Crippen LogP contribution in [-0.2, 0) is 39.9 Å². The van der Waals surface area contributed by atoms with Crippen molar-refractivity contribution in [1.29, 1.82) is 0 Å². The topological polar surface area (TPSA) is 327 Å². The predicted octanol–water partition coefficient (Wildman–Crippen LogP) is 4.32. The summed E-state index contributed by atoms with van der Waals surface area (Å²) in [7, 11) is 1.07. The first kappa shape index (κ1) is 51.9. The minimum atomic E-state index is -2.22. The quantitative estimate of drug-likeness (QED) is 0.0260. The van der Waals surface area contributed by atoms with Crippen molar-refractivity contribution in [1.82, 2.24) is 35.7 Å². The summed E-state index contributed by atoms with van der Waals surface area (Å²) in [6.07, 6.45) is -2.35. The van der Waals surface area contributed by atoms with Crippen LogP contribution in [-0.4, -0.2) is 133 Å². The minimum absolute atomic E-state index is 0.00634. The van der Waals surface area contributed by atoms with E-state index in [1.807, 2.05) is 0 Å². The number of phenols is 1. The van der Waals surface area contributed by atoms with E-state index in [0.717, 1.165) is 52.3 Å². The summed E-state index contributed by atoms with van der Waals surface area (Å²) in [6, 6.07) is 4.72. The lowest BCUT2D eigenvalue weighted by atomic mass is 9.96. The first-order chi connectivity index (χ1) is 31.9. The molecule has 0 radical (unpaired) electrons. The maximum Gasteiger partial charge on any atom is 0.514 e. The number of carboxylic acids is 2. The van der Waals surface area contributed by atoms with Crippen LogP contribution < -0.4 is 25.5 Å². The number of phenolic OH excluding ortho intramolecular Hbond substituents is 1. The summed E-state index contributed by atoms with van der Waals surface area (Å²) < 4.78 is 27.6. The first-order valence-corrected chi connectivity index (χ1v) is 22.6. The highest BCUT2D eigenvalue weighted by molar-refractivity contribution is 8.01. The molecule has 1 unspecified atom stereocenters. The molecular weight excluding hydrogens is 1080 g/mol. The third kappa shape index (κ3) is 12.0. The molecule has 5 N–H and O–H groups in total. The maximum atomic E-state index is 14.3. The number of carboxylic acid groups (broad SMARTS) is 2. The molecule has 0 saturated carbocycles. The molecule has 4 heterocycles. The van der Waals surface area contributed by atoms with Crippen molar-refractivity contribution >= 4 is 146 Å². The molecule has 2 aliphatic heterocycles. The predicted molar refractivity (Wildman–Crippen MR) is 237 cm³/mol. The Balaban J connectivity index is 1.27. The molecule has 1 saturated heterocycles. The fraction of sp³-hybridized carbons (Fsp3) is 0.306. The second kappa shape index (κ2) is 21.0. The van der Waals surface area contributed by atoms with Gasteiger partial charge in [0, 0.05) is 24.7 Å². The Kier molecular flexibility index (Phi) is 16.1. The third-order valence-corrected chi connectivity index (χ3v) is 12.1. The number of alkyl halides is 6. The van der Waals surface area contributed by atoms with Crippen molar-refractivity contribution in [3.8, 4) is 17.2 Å². The number of benzene rings is 2. The molecule has 0 bridgehead atoms. The molecule has 2 aromatic carbocycles. The lowest BCUT2D eigenvalue weighted by Crippen LogP contribution is -2.81. The van der Waals surface area contributed by atoms with Crippen LogP contribution in [0.4, 0.5) is 9.59 Å². The van der Waals surface area contributed by atoms with E-state index in [4.69, 9.17) is 103 Å². The van der Waals surface area contributed by atoms with Gasteiger partial charge in [0.1, 0.15) is 60.0 Å². The Morgan fingerprint density at radius 2 is 1.59 bits per heavy atom. The number of ether oxygens (including phenoxy) is 5. The number of rotatable bonds is 16. The number of aromatic nitrogens is 4. The van der Waals surface area contributed by atoms with E-state index >= 15 is 0 Å². The number of hydrogen-bond acceptors (Lipinski definition) is 20. The van der Waals surface area contributed by atoms with Gasteiger partial charge in [0.2, 0.25) is 24.1 Å². The second-order valence-electron chi connectivity index (χ2n) is 13.6. The van der Waals surface area contributed by atoms with E-state index in [9.17, 15) is 48.6 Å². The Hall–Kier alpha value is -5.45. The summed E-state index contributed by atoms with van der Waals surface area (Å²) >= 11 is 35.7. The van der Waals surface area contributed by atoms with Crippen LogP contribution in [0.2, 0.25) is 0 Å². The molecule has 1 fully saturated rings. The number of thioether (sulfide) groups is 2. The fourth-order valence-corrected chi connectivity index (χ4v) is 8.92. The number of aliphatic carboxylic acids is 2.